The summed E-state index contributed by atoms with van der Waals surface area (Å²) < 4.78 is 102. The van der Waals surface area contributed by atoms with Gasteiger partial charge in [0.05, 0.1) is 20.4 Å². The zero-order valence-corrected chi connectivity index (χ0v) is 19.5. The summed E-state index contributed by atoms with van der Waals surface area (Å²) in [4.78, 5) is -2.21. The number of phenols is 1. The Bertz CT molecular complexity index is 1880. The Kier molecular flexibility index (Phi) is 5.87. The lowest BCUT2D eigenvalue weighted by Crippen LogP contribution is -2.01. The zero-order chi connectivity index (χ0) is 25.8. The molecule has 0 amide bonds. The highest BCUT2D eigenvalue weighted by atomic mass is 32.2. The molecule has 12 nitrogen and oxygen atoms in total. The summed E-state index contributed by atoms with van der Waals surface area (Å²) in [7, 11) is -14.8. The monoisotopic (exact) mass is 536 g/mol. The molecular formula is C20H12N2O10S3-2. The molecule has 2 N–H and O–H groups in total. The minimum absolute atomic E-state index is 0.0193. The molecule has 0 fully saturated rings. The van der Waals surface area contributed by atoms with Crippen LogP contribution in [0.1, 0.15) is 0 Å². The smallest absolute Gasteiger partial charge is 0.294 e. The van der Waals surface area contributed by atoms with Crippen LogP contribution in [-0.2, 0) is 30.4 Å². The van der Waals surface area contributed by atoms with Gasteiger partial charge < -0.3 is 14.2 Å². The Morgan fingerprint density at radius 1 is 0.686 bits per heavy atom. The lowest BCUT2D eigenvalue weighted by Gasteiger charge is -2.14. The number of hydrogen-bond donors (Lipinski definition) is 2. The first-order valence-electron chi connectivity index (χ1n) is 9.30. The van der Waals surface area contributed by atoms with Crippen molar-refractivity contribution in [3.63, 3.8) is 0 Å². The molecule has 0 saturated heterocycles. The van der Waals surface area contributed by atoms with E-state index in [1.165, 1.54) is 30.3 Å². The van der Waals surface area contributed by atoms with Crippen molar-refractivity contribution in [2.24, 2.45) is 10.2 Å². The second-order valence-corrected chi connectivity index (χ2v) is 11.3. The van der Waals surface area contributed by atoms with Gasteiger partial charge in [0.2, 0.25) is 0 Å². The highest BCUT2D eigenvalue weighted by molar-refractivity contribution is 7.86. The van der Waals surface area contributed by atoms with E-state index in [-0.39, 0.29) is 27.2 Å². The molecule has 4 aromatic carbocycles. The predicted molar refractivity (Wildman–Crippen MR) is 119 cm³/mol. The zero-order valence-electron chi connectivity index (χ0n) is 17.1. The molecule has 0 heterocycles. The Hall–Kier alpha value is -3.47. The third kappa shape index (κ3) is 4.72. The first-order chi connectivity index (χ1) is 16.2. The van der Waals surface area contributed by atoms with Crippen molar-refractivity contribution in [3.8, 4) is 5.75 Å². The van der Waals surface area contributed by atoms with E-state index in [9.17, 15) is 44.0 Å². The van der Waals surface area contributed by atoms with Crippen molar-refractivity contribution in [2.45, 2.75) is 14.7 Å². The normalized spacial score (nSPS) is 13.1. The number of azo groups is 1. The quantitative estimate of drug-likeness (QED) is 0.280. The number of fused-ring (bicyclic) bond motifs is 2. The van der Waals surface area contributed by atoms with Gasteiger partial charge in [-0.15, -0.1) is 10.2 Å². The van der Waals surface area contributed by atoms with Crippen LogP contribution >= 0.6 is 0 Å². The fourth-order valence-corrected chi connectivity index (χ4v) is 5.25. The molecule has 0 aliphatic carbocycles. The highest BCUT2D eigenvalue weighted by Gasteiger charge is 2.20. The van der Waals surface area contributed by atoms with Crippen molar-refractivity contribution in [3.05, 3.63) is 60.7 Å². The molecule has 35 heavy (non-hydrogen) atoms. The number of aromatic hydroxyl groups is 1. The summed E-state index contributed by atoms with van der Waals surface area (Å²) in [6.45, 7) is 0. The van der Waals surface area contributed by atoms with Gasteiger partial charge in [0.1, 0.15) is 25.9 Å². The average Bonchev–Trinajstić information content (AvgIpc) is 2.75. The summed E-state index contributed by atoms with van der Waals surface area (Å²) in [6.07, 6.45) is 0. The van der Waals surface area contributed by atoms with Gasteiger partial charge in [0.15, 0.2) is 5.75 Å². The molecule has 4 aromatic rings. The molecule has 0 bridgehead atoms. The summed E-state index contributed by atoms with van der Waals surface area (Å²) in [6, 6.07) is 11.7. The van der Waals surface area contributed by atoms with E-state index in [1.54, 1.807) is 0 Å². The van der Waals surface area contributed by atoms with E-state index < -0.39 is 56.5 Å². The standard InChI is InChI=1S/C20H14N2O10S3/c23-20-18(35(30,31)32)10-11-9-12(33(24,25)26)5-6-13(11)19(20)22-21-16-7-8-17(34(27,28)29)15-4-2-1-3-14(15)16/h1-10,23H,(H,24,25,26)(H,27,28,29)(H,30,31,32)/p-2. The van der Waals surface area contributed by atoms with Crippen LogP contribution in [0.5, 0.6) is 5.75 Å². The van der Waals surface area contributed by atoms with Crippen molar-refractivity contribution in [1.82, 2.24) is 0 Å². The van der Waals surface area contributed by atoms with Crippen LogP contribution in [0.15, 0.2) is 85.6 Å². The van der Waals surface area contributed by atoms with Gasteiger partial charge in [0.25, 0.3) is 10.1 Å². The molecule has 182 valence electrons. The SMILES string of the molecule is O=S(=O)([O-])c1cc2cc(S(=O)(=O)O)ccc2c(N=Nc2ccc(S(=O)(=O)[O-])c3ccccc23)c1O. The third-order valence-corrected chi connectivity index (χ3v) is 7.57. The first-order valence-corrected chi connectivity index (χ1v) is 13.6. The molecule has 0 atom stereocenters. The topological polar surface area (TPSA) is 214 Å². The van der Waals surface area contributed by atoms with Gasteiger partial charge in [0, 0.05) is 16.2 Å². The molecule has 4 rings (SSSR count). The summed E-state index contributed by atoms with van der Waals surface area (Å²) in [5, 5.41) is 18.3. The van der Waals surface area contributed by atoms with E-state index in [1.807, 2.05) is 0 Å². The second kappa shape index (κ2) is 8.33. The van der Waals surface area contributed by atoms with Crippen LogP contribution in [0.25, 0.3) is 21.5 Å². The van der Waals surface area contributed by atoms with Gasteiger partial charge in [-0.25, -0.2) is 16.8 Å². The molecule has 0 radical (unpaired) electrons. The van der Waals surface area contributed by atoms with Gasteiger partial charge in [-0.1, -0.05) is 30.3 Å². The molecule has 0 saturated carbocycles. The summed E-state index contributed by atoms with van der Waals surface area (Å²) in [5.74, 6) is -1.06. The fourth-order valence-electron chi connectivity index (χ4n) is 3.45. The molecule has 0 unspecified atom stereocenters. The Labute approximate surface area is 198 Å². The van der Waals surface area contributed by atoms with Gasteiger partial charge in [-0.2, -0.15) is 8.42 Å². The highest BCUT2D eigenvalue weighted by Crippen LogP contribution is 2.42. The Morgan fingerprint density at radius 3 is 1.91 bits per heavy atom. The van der Waals surface area contributed by atoms with Crippen molar-refractivity contribution < 1.29 is 44.0 Å². The number of rotatable bonds is 5. The summed E-state index contributed by atoms with van der Waals surface area (Å²) >= 11 is 0. The lowest BCUT2D eigenvalue weighted by atomic mass is 10.1. The largest absolute Gasteiger partial charge is 0.744 e. The minimum Gasteiger partial charge on any atom is -0.744 e. The van der Waals surface area contributed by atoms with E-state index in [2.05, 4.69) is 10.2 Å². The third-order valence-electron chi connectivity index (χ3n) is 4.98. The number of hydrogen-bond acceptors (Lipinski definition) is 11. The number of phenolic OH excluding ortho intramolecular Hbond substituents is 1. The van der Waals surface area contributed by atoms with Crippen LogP contribution in [-0.4, -0.2) is 44.0 Å². The van der Waals surface area contributed by atoms with E-state index in [0.29, 0.717) is 0 Å². The second-order valence-electron chi connectivity index (χ2n) is 7.17. The predicted octanol–water partition coefficient (Wildman–Crippen LogP) is 3.17. The fraction of sp³-hybridized carbons (Fsp3) is 0. The van der Waals surface area contributed by atoms with Crippen LogP contribution in [0, 0.1) is 0 Å². The molecule has 0 aliphatic heterocycles. The maximum absolute atomic E-state index is 11.7. The van der Waals surface area contributed by atoms with Gasteiger partial charge in [-0.3, -0.25) is 4.55 Å². The molecule has 15 heteroatoms. The van der Waals surface area contributed by atoms with Crippen molar-refractivity contribution in [2.75, 3.05) is 0 Å². The Morgan fingerprint density at radius 2 is 1.31 bits per heavy atom. The van der Waals surface area contributed by atoms with E-state index in [4.69, 9.17) is 0 Å². The number of benzene rings is 4. The maximum atomic E-state index is 11.7. The van der Waals surface area contributed by atoms with Crippen molar-refractivity contribution >= 4 is 63.3 Å². The van der Waals surface area contributed by atoms with E-state index >= 15 is 0 Å². The molecule has 0 spiro atoms. The van der Waals surface area contributed by atoms with Crippen LogP contribution in [0.3, 0.4) is 0 Å². The van der Waals surface area contributed by atoms with Crippen LogP contribution < -0.4 is 0 Å². The molecule has 0 aromatic heterocycles. The number of nitrogens with zero attached hydrogens (tertiary/aromatic N) is 2. The van der Waals surface area contributed by atoms with Gasteiger partial charge in [-0.05, 0) is 35.7 Å². The molecular weight excluding hydrogens is 524 g/mol. The van der Waals surface area contributed by atoms with Gasteiger partial charge >= 0.3 is 0 Å². The first kappa shape index (κ1) is 24.6. The maximum Gasteiger partial charge on any atom is 0.294 e. The summed E-state index contributed by atoms with van der Waals surface area (Å²) in [5.41, 5.74) is -0.478. The minimum atomic E-state index is -5.25. The van der Waals surface area contributed by atoms with Crippen molar-refractivity contribution in [1.29, 1.82) is 0 Å². The van der Waals surface area contributed by atoms with Crippen LogP contribution in [0.4, 0.5) is 11.4 Å². The average molecular weight is 537 g/mol. The van der Waals surface area contributed by atoms with Crippen LogP contribution in [0.2, 0.25) is 0 Å². The Balaban J connectivity index is 2.00. The van der Waals surface area contributed by atoms with E-state index in [0.717, 1.165) is 30.3 Å². The molecule has 0 aliphatic rings. The lowest BCUT2D eigenvalue weighted by molar-refractivity contribution is 0.436.